The summed E-state index contributed by atoms with van der Waals surface area (Å²) in [6.07, 6.45) is 3.97. The third-order valence-electron chi connectivity index (χ3n) is 4.85. The van der Waals surface area contributed by atoms with Crippen LogP contribution in [0.15, 0.2) is 73.1 Å². The number of likely N-dealkylation sites (N-methyl/N-ethyl adjacent to an activating group) is 2. The van der Waals surface area contributed by atoms with Gasteiger partial charge in [0.1, 0.15) is 0 Å². The van der Waals surface area contributed by atoms with Gasteiger partial charge in [0, 0.05) is 26.2 Å². The molecule has 0 amide bonds. The van der Waals surface area contributed by atoms with Gasteiger partial charge in [-0.15, -0.1) is 30.7 Å². The molecule has 4 aromatic rings. The molecule has 2 heterocycles. The van der Waals surface area contributed by atoms with Crippen molar-refractivity contribution >= 4 is 0 Å². The third-order valence-corrected chi connectivity index (χ3v) is 4.85. The van der Waals surface area contributed by atoms with Crippen LogP contribution in [0.25, 0.3) is 11.4 Å². The minimum atomic E-state index is -4.94. The van der Waals surface area contributed by atoms with Crippen LogP contribution in [0.3, 0.4) is 0 Å². The van der Waals surface area contributed by atoms with Crippen LogP contribution in [-0.2, 0) is 43.5 Å². The molecular weight excluding hydrogens is 673 g/mol. The monoisotopic (exact) mass is 702 g/mol. The fraction of sp³-hybridized carbons (Fsp3) is 0.273. The first-order valence-electron chi connectivity index (χ1n) is 11.2. The van der Waals surface area contributed by atoms with Crippen LogP contribution in [0.2, 0.25) is 0 Å². The van der Waals surface area contributed by atoms with Crippen LogP contribution < -0.4 is 37.3 Å². The second kappa shape index (κ2) is 20.4. The van der Waals surface area contributed by atoms with Crippen LogP contribution >= 0.6 is 0 Å². The number of hydrogen-bond donors (Lipinski definition) is 0. The maximum Gasteiger partial charge on any atom is 2.00 e. The van der Waals surface area contributed by atoms with Crippen molar-refractivity contribution < 1.29 is 88.2 Å². The summed E-state index contributed by atoms with van der Waals surface area (Å²) in [6, 6.07) is 20.1. The van der Waals surface area contributed by atoms with Gasteiger partial charge in [0.05, 0.1) is 35.2 Å². The van der Waals surface area contributed by atoms with Crippen molar-refractivity contribution in [1.29, 1.82) is 0 Å². The van der Waals surface area contributed by atoms with E-state index in [0.29, 0.717) is 0 Å². The Labute approximate surface area is 263 Å². The predicted octanol–water partition coefficient (Wildman–Crippen LogP) is -8.95. The Bertz CT molecular complexity index is 1150. The Balaban J connectivity index is 0. The quantitative estimate of drug-likeness (QED) is 0.115. The normalized spacial score (nSPS) is 10.8. The van der Waals surface area contributed by atoms with Gasteiger partial charge < -0.3 is 11.0 Å². The van der Waals surface area contributed by atoms with E-state index in [-0.39, 0.29) is 30.4 Å². The maximum atomic E-state index is 8.49. The maximum absolute atomic E-state index is 8.49. The number of rotatable bonds is 9. The molecule has 0 unspecified atom stereocenters. The zero-order valence-electron chi connectivity index (χ0n) is 23.2. The van der Waals surface area contributed by atoms with Gasteiger partial charge in [-0.2, -0.15) is 0 Å². The molecule has 234 valence electrons. The molecule has 2 aromatic carbocycles. The first kappa shape index (κ1) is 42.6. The zero-order chi connectivity index (χ0) is 29.8. The summed E-state index contributed by atoms with van der Waals surface area (Å²) in [6.45, 7) is 3.35. The molecule has 0 aliphatic rings. The van der Waals surface area contributed by atoms with Gasteiger partial charge in [-0.3, -0.25) is 9.80 Å². The average molecular weight is 705 g/mol. The molecule has 0 saturated carbocycles. The van der Waals surface area contributed by atoms with E-state index in [4.69, 9.17) is 37.3 Å². The van der Waals surface area contributed by atoms with E-state index >= 15 is 0 Å². The molecule has 0 aliphatic carbocycles. The first-order chi connectivity index (χ1) is 18.7. The Morgan fingerprint density at radius 2 is 0.860 bits per heavy atom. The van der Waals surface area contributed by atoms with Crippen molar-refractivity contribution in [2.24, 2.45) is 0 Å². The molecule has 0 saturated heterocycles. The predicted molar refractivity (Wildman–Crippen MR) is 125 cm³/mol. The fourth-order valence-electron chi connectivity index (χ4n) is 3.21. The number of halogens is 2. The van der Waals surface area contributed by atoms with Crippen molar-refractivity contribution in [3.05, 3.63) is 84.4 Å². The van der Waals surface area contributed by atoms with Crippen molar-refractivity contribution in [2.75, 3.05) is 27.2 Å². The van der Waals surface area contributed by atoms with Crippen LogP contribution in [0.4, 0.5) is 0 Å². The van der Waals surface area contributed by atoms with E-state index < -0.39 is 20.5 Å². The summed E-state index contributed by atoms with van der Waals surface area (Å²) in [5, 5.41) is 17.1. The number of hydrogen-bond acceptors (Lipinski definition) is 14. The van der Waals surface area contributed by atoms with E-state index in [1.54, 1.807) is 0 Å². The smallest absolute Gasteiger partial charge is 0.457 e. The van der Waals surface area contributed by atoms with Gasteiger partial charge >= 0.3 is 19.5 Å². The Morgan fingerprint density at radius 1 is 0.581 bits per heavy atom. The number of para-hydroxylation sites is 2. The van der Waals surface area contributed by atoms with Gasteiger partial charge in [0.25, 0.3) is 0 Å². The molecule has 6 N–H and O–H groups in total. The average Bonchev–Trinajstić information content (AvgIpc) is 3.52. The third kappa shape index (κ3) is 20.1. The van der Waals surface area contributed by atoms with Crippen molar-refractivity contribution in [2.45, 2.75) is 13.1 Å². The zero-order valence-corrected chi connectivity index (χ0v) is 27.7. The van der Waals surface area contributed by atoms with Crippen LogP contribution in [0, 0.1) is 20.5 Å². The first-order valence-corrected chi connectivity index (χ1v) is 13.7. The summed E-state index contributed by atoms with van der Waals surface area (Å²) in [5.74, 6) is 0. The topological polar surface area (TPSA) is 318 Å². The molecule has 4 rings (SSSR count). The number of aromatic nitrogens is 6. The second-order valence-electron chi connectivity index (χ2n) is 8.21. The number of benzene rings is 2. The fourth-order valence-corrected chi connectivity index (χ4v) is 3.21. The number of nitrogens with zero attached hydrogens (tertiary/aromatic N) is 8. The van der Waals surface area contributed by atoms with Gasteiger partial charge in [0.2, 0.25) is 0 Å². The van der Waals surface area contributed by atoms with Crippen LogP contribution in [0.1, 0.15) is 11.4 Å². The summed E-state index contributed by atoms with van der Waals surface area (Å²) in [5.41, 5.74) is 3.94. The Morgan fingerprint density at radius 3 is 1.14 bits per heavy atom. The molecule has 43 heavy (non-hydrogen) atoms. The molecule has 0 bridgehead atoms. The molecule has 21 heteroatoms. The SMILES string of the molecule is CN(CCN(C)Cc1cn(-c2ccccc2)nn1)Cc1cn(-c2ccccc2)nn1.[O-][Cl+3]([O-])([O-])[O-].[O-][Cl+3]([O-])([O-])[O-].[OH3+].[OH3+].[Zn+2]. The summed E-state index contributed by atoms with van der Waals surface area (Å²) < 4.78 is 71.6. The molecule has 0 radical (unpaired) electrons. The minimum absolute atomic E-state index is 0. The van der Waals surface area contributed by atoms with E-state index in [0.717, 1.165) is 48.9 Å². The molecular formula is C22H32Cl2N8O10Zn+2. The summed E-state index contributed by atoms with van der Waals surface area (Å²) >= 11 is 0. The van der Waals surface area contributed by atoms with E-state index in [1.165, 1.54) is 0 Å². The van der Waals surface area contributed by atoms with Crippen molar-refractivity contribution in [1.82, 2.24) is 39.8 Å². The Kier molecular flexibility index (Phi) is 20.2. The second-order valence-corrected chi connectivity index (χ2v) is 9.72. The standard InChI is InChI=1S/C22H26N8.2ClHO4.2H2O.Zn/c1-27(15-19-17-29(25-23-19)21-9-5-3-6-10-21)13-14-28(2)16-20-18-30(26-24-20)22-11-7-4-8-12-22;2*2-1(3,4)5;;;/h3-12,17-18H,13-16H2,1-2H3;2*(H,2,3,4,5);2*1H2;/q;;;;;+2. The van der Waals surface area contributed by atoms with Gasteiger partial charge in [-0.1, -0.05) is 46.8 Å². The van der Waals surface area contributed by atoms with Gasteiger partial charge in [-0.05, 0) is 38.4 Å². The van der Waals surface area contributed by atoms with E-state index in [2.05, 4.69) is 44.5 Å². The minimum Gasteiger partial charge on any atom is -0.457 e. The van der Waals surface area contributed by atoms with Gasteiger partial charge in [0.15, 0.2) is 0 Å². The van der Waals surface area contributed by atoms with E-state index in [1.807, 2.05) is 82.4 Å². The van der Waals surface area contributed by atoms with Gasteiger partial charge in [-0.25, -0.2) is 46.6 Å². The summed E-state index contributed by atoms with van der Waals surface area (Å²) in [4.78, 5) is 4.49. The van der Waals surface area contributed by atoms with Crippen molar-refractivity contribution in [3.63, 3.8) is 0 Å². The largest absolute Gasteiger partial charge is 2.00 e. The van der Waals surface area contributed by atoms with Crippen LogP contribution in [0.5, 0.6) is 0 Å². The van der Waals surface area contributed by atoms with Crippen LogP contribution in [-0.4, -0.2) is 67.0 Å². The Hall–Kier alpha value is -2.56. The molecule has 18 nitrogen and oxygen atoms in total. The molecule has 0 aliphatic heterocycles. The molecule has 2 aromatic heterocycles. The van der Waals surface area contributed by atoms with Crippen molar-refractivity contribution in [3.8, 4) is 11.4 Å². The summed E-state index contributed by atoms with van der Waals surface area (Å²) in [7, 11) is -5.69. The molecule has 0 spiro atoms. The van der Waals surface area contributed by atoms with E-state index in [9.17, 15) is 0 Å². The molecule has 0 fully saturated rings. The molecule has 0 atom stereocenters.